The second-order valence-electron chi connectivity index (χ2n) is 6.97. The summed E-state index contributed by atoms with van der Waals surface area (Å²) in [7, 11) is 0. The van der Waals surface area contributed by atoms with Gasteiger partial charge in [0.15, 0.2) is 0 Å². The van der Waals surface area contributed by atoms with Gasteiger partial charge in [-0.25, -0.2) is 9.89 Å². The predicted molar refractivity (Wildman–Crippen MR) is 110 cm³/mol. The number of piperazine rings is 1. The van der Waals surface area contributed by atoms with E-state index in [9.17, 15) is 9.59 Å². The van der Waals surface area contributed by atoms with E-state index in [2.05, 4.69) is 32.4 Å². The highest BCUT2D eigenvalue weighted by Crippen LogP contribution is 2.28. The van der Waals surface area contributed by atoms with Crippen molar-refractivity contribution in [3.8, 4) is 22.8 Å². The summed E-state index contributed by atoms with van der Waals surface area (Å²) in [6, 6.07) is 15.6. The minimum absolute atomic E-state index is 0.0815. The van der Waals surface area contributed by atoms with Crippen molar-refractivity contribution in [3.05, 3.63) is 54.2 Å². The number of carbonyl (C=O) groups is 2. The molecule has 1 saturated heterocycles. The van der Waals surface area contributed by atoms with Gasteiger partial charge in [0.25, 0.3) is 5.88 Å². The molecule has 0 unspecified atom stereocenters. The largest absolute Gasteiger partial charge is 0.476 e. The highest BCUT2D eigenvalue weighted by atomic mass is 16.5. The lowest BCUT2D eigenvalue weighted by Gasteiger charge is -2.35. The van der Waals surface area contributed by atoms with Gasteiger partial charge in [-0.15, -0.1) is 0 Å². The van der Waals surface area contributed by atoms with Crippen molar-refractivity contribution in [1.29, 1.82) is 0 Å². The molecule has 0 saturated carbocycles. The van der Waals surface area contributed by atoms with E-state index in [1.54, 1.807) is 19.1 Å². The fourth-order valence-corrected chi connectivity index (χ4v) is 3.42. The Kier molecular flexibility index (Phi) is 5.34. The summed E-state index contributed by atoms with van der Waals surface area (Å²) in [5.74, 6) is -0.687. The summed E-state index contributed by atoms with van der Waals surface area (Å²) in [4.78, 5) is 26.8. The molecule has 30 heavy (non-hydrogen) atoms. The Morgan fingerprint density at radius 2 is 1.77 bits per heavy atom. The van der Waals surface area contributed by atoms with Crippen LogP contribution in [0.1, 0.15) is 17.4 Å². The van der Waals surface area contributed by atoms with E-state index in [4.69, 9.17) is 9.84 Å². The molecule has 4 rings (SSSR count). The molecule has 0 radical (unpaired) electrons. The van der Waals surface area contributed by atoms with E-state index in [1.807, 2.05) is 29.2 Å². The van der Waals surface area contributed by atoms with Crippen molar-refractivity contribution in [2.75, 3.05) is 31.1 Å². The smallest absolute Gasteiger partial charge is 0.359 e. The number of carbonyl (C=O) groups excluding carboxylic acids is 1. The number of benzene rings is 2. The van der Waals surface area contributed by atoms with Crippen molar-refractivity contribution in [2.45, 2.75) is 6.92 Å². The number of amides is 1. The Morgan fingerprint density at radius 1 is 1.03 bits per heavy atom. The topological polar surface area (TPSA) is 112 Å². The number of aromatic carboxylic acids is 1. The number of carboxylic acid groups (broad SMARTS) is 1. The lowest BCUT2D eigenvalue weighted by molar-refractivity contribution is -0.129. The van der Waals surface area contributed by atoms with Crippen LogP contribution in [0.3, 0.4) is 0 Å². The molecule has 1 aliphatic rings. The lowest BCUT2D eigenvalue weighted by atomic mass is 10.0. The Labute approximate surface area is 172 Å². The first-order valence-corrected chi connectivity index (χ1v) is 9.54. The molecule has 3 aromatic rings. The van der Waals surface area contributed by atoms with Crippen LogP contribution in [0.4, 0.5) is 5.69 Å². The van der Waals surface area contributed by atoms with Crippen LogP contribution < -0.4 is 9.64 Å². The molecule has 0 bridgehead atoms. The number of carboxylic acids is 1. The minimum atomic E-state index is -1.19. The molecule has 154 valence electrons. The Morgan fingerprint density at radius 3 is 2.43 bits per heavy atom. The Bertz CT molecular complexity index is 1060. The third-order valence-electron chi connectivity index (χ3n) is 5.07. The zero-order valence-corrected chi connectivity index (χ0v) is 16.4. The van der Waals surface area contributed by atoms with Gasteiger partial charge in [0, 0.05) is 38.8 Å². The first-order chi connectivity index (χ1) is 14.5. The van der Waals surface area contributed by atoms with Crippen LogP contribution in [0, 0.1) is 0 Å². The Hall–Kier alpha value is -3.88. The molecule has 0 spiro atoms. The van der Waals surface area contributed by atoms with Crippen LogP contribution in [0.5, 0.6) is 11.6 Å². The van der Waals surface area contributed by atoms with Crippen molar-refractivity contribution >= 4 is 17.6 Å². The average Bonchev–Trinajstić information content (AvgIpc) is 3.23. The van der Waals surface area contributed by atoms with E-state index >= 15 is 0 Å². The second-order valence-corrected chi connectivity index (χ2v) is 6.97. The van der Waals surface area contributed by atoms with Gasteiger partial charge in [-0.05, 0) is 35.4 Å². The zero-order chi connectivity index (χ0) is 21.1. The van der Waals surface area contributed by atoms with E-state index in [0.29, 0.717) is 5.75 Å². The fraction of sp³-hybridized carbons (Fsp3) is 0.238. The molecule has 0 atom stereocenters. The van der Waals surface area contributed by atoms with E-state index in [-0.39, 0.29) is 17.5 Å². The molecular formula is C21H21N5O4. The highest BCUT2D eigenvalue weighted by molar-refractivity contribution is 5.87. The molecule has 2 heterocycles. The van der Waals surface area contributed by atoms with Crippen molar-refractivity contribution in [1.82, 2.24) is 20.3 Å². The number of H-pyrrole nitrogens is 1. The SMILES string of the molecule is CC(=O)N1CCN(c2cccc(-c3ccc(Oc4nn[nH]c4C(=O)O)cc3)c2)CC1. The van der Waals surface area contributed by atoms with Gasteiger partial charge < -0.3 is 19.6 Å². The van der Waals surface area contributed by atoms with Gasteiger partial charge in [-0.3, -0.25) is 4.79 Å². The molecule has 1 amide bonds. The number of nitrogens with zero attached hydrogens (tertiary/aromatic N) is 4. The number of hydrogen-bond donors (Lipinski definition) is 2. The Balaban J connectivity index is 1.47. The summed E-state index contributed by atoms with van der Waals surface area (Å²) in [6.07, 6.45) is 0. The first-order valence-electron chi connectivity index (χ1n) is 9.54. The monoisotopic (exact) mass is 407 g/mol. The normalized spacial score (nSPS) is 13.9. The molecule has 0 aliphatic carbocycles. The number of aromatic amines is 1. The average molecular weight is 407 g/mol. The number of nitrogens with one attached hydrogen (secondary N) is 1. The van der Waals surface area contributed by atoms with Gasteiger partial charge in [-0.1, -0.05) is 34.6 Å². The van der Waals surface area contributed by atoms with Gasteiger partial charge in [0.1, 0.15) is 5.75 Å². The third-order valence-corrected chi connectivity index (χ3v) is 5.07. The first kappa shape index (κ1) is 19.4. The van der Waals surface area contributed by atoms with Crippen molar-refractivity contribution in [3.63, 3.8) is 0 Å². The molecule has 1 aliphatic heterocycles. The standard InChI is InChI=1S/C21H21N5O4/c1-14(27)25-9-11-26(12-10-25)17-4-2-3-16(13-17)15-5-7-18(8-6-15)30-20-19(21(28)29)22-24-23-20/h2-8,13H,9-12H2,1H3,(H,28,29)(H,22,23,24). The zero-order valence-electron chi connectivity index (χ0n) is 16.4. The van der Waals surface area contributed by atoms with E-state index in [0.717, 1.165) is 43.0 Å². The summed E-state index contributed by atoms with van der Waals surface area (Å²) in [6.45, 7) is 4.67. The maximum Gasteiger partial charge on any atom is 0.359 e. The molecule has 9 nitrogen and oxygen atoms in total. The van der Waals surface area contributed by atoms with Gasteiger partial charge in [0.2, 0.25) is 11.6 Å². The van der Waals surface area contributed by atoms with Crippen LogP contribution >= 0.6 is 0 Å². The predicted octanol–water partition coefficient (Wildman–Crippen LogP) is 2.63. The fourth-order valence-electron chi connectivity index (χ4n) is 3.42. The number of ether oxygens (including phenoxy) is 1. The molecule has 9 heteroatoms. The number of aromatic nitrogens is 3. The molecular weight excluding hydrogens is 386 g/mol. The van der Waals surface area contributed by atoms with Crippen LogP contribution in [-0.4, -0.2) is 63.5 Å². The summed E-state index contributed by atoms with van der Waals surface area (Å²) < 4.78 is 5.52. The van der Waals surface area contributed by atoms with Crippen LogP contribution in [0.15, 0.2) is 48.5 Å². The number of rotatable bonds is 5. The minimum Gasteiger partial charge on any atom is -0.476 e. The third kappa shape index (κ3) is 4.09. The maximum atomic E-state index is 11.5. The summed E-state index contributed by atoms with van der Waals surface area (Å²) in [5.41, 5.74) is 2.98. The lowest BCUT2D eigenvalue weighted by Crippen LogP contribution is -2.48. The summed E-state index contributed by atoms with van der Waals surface area (Å²) in [5, 5.41) is 18.5. The molecule has 1 aromatic heterocycles. The quantitative estimate of drug-likeness (QED) is 0.669. The molecule has 2 aromatic carbocycles. The second kappa shape index (κ2) is 8.24. The summed E-state index contributed by atoms with van der Waals surface area (Å²) >= 11 is 0. The van der Waals surface area contributed by atoms with Gasteiger partial charge in [0.05, 0.1) is 0 Å². The number of anilines is 1. The van der Waals surface area contributed by atoms with Gasteiger partial charge >= 0.3 is 5.97 Å². The molecule has 2 N–H and O–H groups in total. The number of hydrogen-bond acceptors (Lipinski definition) is 6. The van der Waals surface area contributed by atoms with E-state index in [1.165, 1.54) is 0 Å². The van der Waals surface area contributed by atoms with Crippen LogP contribution in [0.2, 0.25) is 0 Å². The van der Waals surface area contributed by atoms with Crippen molar-refractivity contribution in [2.24, 2.45) is 0 Å². The maximum absolute atomic E-state index is 11.5. The van der Waals surface area contributed by atoms with Gasteiger partial charge in [-0.2, -0.15) is 0 Å². The van der Waals surface area contributed by atoms with Crippen molar-refractivity contribution < 1.29 is 19.4 Å². The highest BCUT2D eigenvalue weighted by Gasteiger charge is 2.19. The van der Waals surface area contributed by atoms with Crippen LogP contribution in [-0.2, 0) is 4.79 Å². The van der Waals surface area contributed by atoms with Crippen LogP contribution in [0.25, 0.3) is 11.1 Å². The molecule has 1 fully saturated rings. The van der Waals surface area contributed by atoms with E-state index < -0.39 is 5.97 Å².